The van der Waals surface area contributed by atoms with Gasteiger partial charge < -0.3 is 19.5 Å². The third-order valence-electron chi connectivity index (χ3n) is 4.83. The summed E-state index contributed by atoms with van der Waals surface area (Å²) in [6, 6.07) is 19.5. The van der Waals surface area contributed by atoms with E-state index in [1.807, 2.05) is 60.7 Å². The van der Waals surface area contributed by atoms with Crippen molar-refractivity contribution >= 4 is 22.4 Å². The summed E-state index contributed by atoms with van der Waals surface area (Å²) in [5.74, 6) is 3.56. The van der Waals surface area contributed by atoms with Crippen LogP contribution in [0.15, 0.2) is 67.0 Å². The largest absolute Gasteiger partial charge is 0.493 e. The van der Waals surface area contributed by atoms with E-state index < -0.39 is 0 Å². The van der Waals surface area contributed by atoms with Crippen LogP contribution in [0.3, 0.4) is 0 Å². The number of ether oxygens (including phenoxy) is 3. The van der Waals surface area contributed by atoms with Crippen molar-refractivity contribution in [1.29, 1.82) is 0 Å². The van der Waals surface area contributed by atoms with Gasteiger partial charge in [-0.3, -0.25) is 0 Å². The van der Waals surface area contributed by atoms with E-state index in [9.17, 15) is 0 Å². The second-order valence-corrected chi connectivity index (χ2v) is 6.66. The summed E-state index contributed by atoms with van der Waals surface area (Å²) in [5, 5.41) is 4.29. The van der Waals surface area contributed by atoms with Gasteiger partial charge in [0.1, 0.15) is 23.6 Å². The molecule has 0 fully saturated rings. The average molecular weight is 401 g/mol. The van der Waals surface area contributed by atoms with E-state index in [2.05, 4.69) is 22.2 Å². The minimum Gasteiger partial charge on any atom is -0.493 e. The van der Waals surface area contributed by atoms with Gasteiger partial charge in [0.05, 0.1) is 19.7 Å². The first-order valence-electron chi connectivity index (χ1n) is 9.71. The number of methoxy groups -OCH3 is 2. The molecule has 0 bridgehead atoms. The normalized spacial score (nSPS) is 10.6. The Morgan fingerprint density at radius 3 is 2.33 bits per heavy atom. The molecule has 30 heavy (non-hydrogen) atoms. The molecule has 0 radical (unpaired) electrons. The molecule has 0 saturated heterocycles. The van der Waals surface area contributed by atoms with Gasteiger partial charge in [-0.25, -0.2) is 9.97 Å². The fourth-order valence-electron chi connectivity index (χ4n) is 3.28. The molecule has 152 valence electrons. The molecule has 0 amide bonds. The van der Waals surface area contributed by atoms with Crippen LogP contribution in [0.4, 0.5) is 11.5 Å². The van der Waals surface area contributed by atoms with Crippen molar-refractivity contribution in [3.8, 4) is 23.0 Å². The van der Waals surface area contributed by atoms with Gasteiger partial charge >= 0.3 is 0 Å². The molecule has 0 aliphatic carbocycles. The van der Waals surface area contributed by atoms with E-state index in [0.717, 1.165) is 40.1 Å². The van der Waals surface area contributed by atoms with Gasteiger partial charge in [-0.2, -0.15) is 0 Å². The van der Waals surface area contributed by atoms with Crippen LogP contribution in [0.5, 0.6) is 23.0 Å². The lowest BCUT2D eigenvalue weighted by atomic mass is 10.1. The van der Waals surface area contributed by atoms with Crippen LogP contribution in [0, 0.1) is 0 Å². The Morgan fingerprint density at radius 2 is 1.60 bits per heavy atom. The Bertz CT molecular complexity index is 1160. The third kappa shape index (κ3) is 3.98. The van der Waals surface area contributed by atoms with E-state index in [1.54, 1.807) is 14.2 Å². The SMILES string of the molecule is CCc1cc(Oc2ccccc2)ccc1Nc1ncnc2cc(OC)c(OC)cc12. The lowest BCUT2D eigenvalue weighted by molar-refractivity contribution is 0.356. The van der Waals surface area contributed by atoms with E-state index >= 15 is 0 Å². The average Bonchev–Trinajstić information content (AvgIpc) is 2.80. The maximum absolute atomic E-state index is 5.97. The van der Waals surface area contributed by atoms with E-state index in [-0.39, 0.29) is 0 Å². The van der Waals surface area contributed by atoms with Crippen LogP contribution in [0.2, 0.25) is 0 Å². The molecular formula is C24H23N3O3. The minimum absolute atomic E-state index is 0.630. The van der Waals surface area contributed by atoms with Crippen LogP contribution in [0.1, 0.15) is 12.5 Å². The molecule has 1 aromatic heterocycles. The van der Waals surface area contributed by atoms with Crippen LogP contribution < -0.4 is 19.5 Å². The molecule has 1 N–H and O–H groups in total. The van der Waals surface area contributed by atoms with E-state index in [4.69, 9.17) is 14.2 Å². The second-order valence-electron chi connectivity index (χ2n) is 6.66. The number of nitrogens with zero attached hydrogens (tertiary/aromatic N) is 2. The molecule has 6 nitrogen and oxygen atoms in total. The summed E-state index contributed by atoms with van der Waals surface area (Å²) in [5.41, 5.74) is 2.86. The number of fused-ring (bicyclic) bond motifs is 1. The van der Waals surface area contributed by atoms with Crippen LogP contribution in [0.25, 0.3) is 10.9 Å². The first-order valence-corrected chi connectivity index (χ1v) is 9.71. The number of anilines is 2. The Morgan fingerprint density at radius 1 is 0.833 bits per heavy atom. The molecule has 6 heteroatoms. The third-order valence-corrected chi connectivity index (χ3v) is 4.83. The number of para-hydroxylation sites is 1. The van der Waals surface area contributed by atoms with Gasteiger partial charge in [0, 0.05) is 17.1 Å². The van der Waals surface area contributed by atoms with Crippen LogP contribution >= 0.6 is 0 Å². The molecule has 4 rings (SSSR count). The molecular weight excluding hydrogens is 378 g/mol. The summed E-state index contributed by atoms with van der Waals surface area (Å²) in [4.78, 5) is 8.81. The highest BCUT2D eigenvalue weighted by Gasteiger charge is 2.12. The van der Waals surface area contributed by atoms with Gasteiger partial charge in [0.25, 0.3) is 0 Å². The van der Waals surface area contributed by atoms with Gasteiger partial charge in [0.15, 0.2) is 11.5 Å². The number of aryl methyl sites for hydroxylation is 1. The highest BCUT2D eigenvalue weighted by molar-refractivity contribution is 5.93. The highest BCUT2D eigenvalue weighted by atomic mass is 16.5. The number of hydrogen-bond acceptors (Lipinski definition) is 6. The van der Waals surface area contributed by atoms with Crippen molar-refractivity contribution in [2.24, 2.45) is 0 Å². The molecule has 0 aliphatic rings. The van der Waals surface area contributed by atoms with Gasteiger partial charge in [-0.05, 0) is 48.4 Å². The standard InChI is InChI=1S/C24H23N3O3/c1-4-16-12-18(30-17-8-6-5-7-9-17)10-11-20(16)27-24-19-13-22(28-2)23(29-3)14-21(19)25-15-26-24/h5-15H,4H2,1-3H3,(H,25,26,27). The van der Waals surface area contributed by atoms with Crippen molar-refractivity contribution < 1.29 is 14.2 Å². The van der Waals surface area contributed by atoms with Crippen molar-refractivity contribution in [3.05, 3.63) is 72.6 Å². The molecule has 0 unspecified atom stereocenters. The number of hydrogen-bond donors (Lipinski definition) is 1. The van der Waals surface area contributed by atoms with Crippen molar-refractivity contribution in [2.45, 2.75) is 13.3 Å². The van der Waals surface area contributed by atoms with Crippen LogP contribution in [-0.4, -0.2) is 24.2 Å². The van der Waals surface area contributed by atoms with Crippen molar-refractivity contribution in [3.63, 3.8) is 0 Å². The number of rotatable bonds is 7. The molecule has 0 spiro atoms. The summed E-state index contributed by atoms with van der Waals surface area (Å²) in [6.07, 6.45) is 2.38. The highest BCUT2D eigenvalue weighted by Crippen LogP contribution is 2.35. The molecule has 3 aromatic carbocycles. The Balaban J connectivity index is 1.67. The topological polar surface area (TPSA) is 65.5 Å². The minimum atomic E-state index is 0.630. The van der Waals surface area contributed by atoms with Crippen molar-refractivity contribution in [1.82, 2.24) is 9.97 Å². The zero-order valence-corrected chi connectivity index (χ0v) is 17.2. The number of nitrogens with one attached hydrogen (secondary N) is 1. The quantitative estimate of drug-likeness (QED) is 0.426. The molecule has 0 atom stereocenters. The Hall–Kier alpha value is -3.80. The van der Waals surface area contributed by atoms with Crippen LogP contribution in [-0.2, 0) is 6.42 Å². The summed E-state index contributed by atoms with van der Waals surface area (Å²) < 4.78 is 16.8. The second kappa shape index (κ2) is 8.69. The number of benzene rings is 3. The first kappa shape index (κ1) is 19.5. The molecule has 1 heterocycles. The maximum atomic E-state index is 5.97. The smallest absolute Gasteiger partial charge is 0.162 e. The zero-order chi connectivity index (χ0) is 20.9. The fourth-order valence-corrected chi connectivity index (χ4v) is 3.28. The predicted molar refractivity (Wildman–Crippen MR) is 118 cm³/mol. The molecule has 0 aliphatic heterocycles. The lowest BCUT2D eigenvalue weighted by Crippen LogP contribution is -2.00. The Kier molecular flexibility index (Phi) is 5.66. The predicted octanol–water partition coefficient (Wildman–Crippen LogP) is 5.75. The summed E-state index contributed by atoms with van der Waals surface area (Å²) >= 11 is 0. The van der Waals surface area contributed by atoms with E-state index in [1.165, 1.54) is 6.33 Å². The molecule has 0 saturated carbocycles. The van der Waals surface area contributed by atoms with Gasteiger partial charge in [0.2, 0.25) is 0 Å². The Labute approximate surface area is 175 Å². The lowest BCUT2D eigenvalue weighted by Gasteiger charge is -2.15. The summed E-state index contributed by atoms with van der Waals surface area (Å²) in [7, 11) is 3.22. The maximum Gasteiger partial charge on any atom is 0.162 e. The number of aromatic nitrogens is 2. The van der Waals surface area contributed by atoms with Gasteiger partial charge in [-0.15, -0.1) is 0 Å². The summed E-state index contributed by atoms with van der Waals surface area (Å²) in [6.45, 7) is 2.11. The first-order chi connectivity index (χ1) is 14.7. The van der Waals surface area contributed by atoms with Gasteiger partial charge in [-0.1, -0.05) is 25.1 Å². The monoisotopic (exact) mass is 401 g/mol. The zero-order valence-electron chi connectivity index (χ0n) is 17.2. The van der Waals surface area contributed by atoms with Crippen molar-refractivity contribution in [2.75, 3.05) is 19.5 Å². The fraction of sp³-hybridized carbons (Fsp3) is 0.167. The van der Waals surface area contributed by atoms with E-state index in [0.29, 0.717) is 17.3 Å². The molecule has 4 aromatic rings.